The third-order valence-corrected chi connectivity index (χ3v) is 6.67. The molecule has 0 radical (unpaired) electrons. The second-order valence-electron chi connectivity index (χ2n) is 7.83. The van der Waals surface area contributed by atoms with Crippen LogP contribution in [0.5, 0.6) is 0 Å². The van der Waals surface area contributed by atoms with Crippen LogP contribution >= 0.6 is 0 Å². The molecule has 0 saturated heterocycles. The van der Waals surface area contributed by atoms with Crippen molar-refractivity contribution >= 4 is 6.29 Å². The van der Waals surface area contributed by atoms with Gasteiger partial charge in [-0.15, -0.1) is 0 Å². The van der Waals surface area contributed by atoms with Gasteiger partial charge >= 0.3 is 0 Å². The molecule has 0 aromatic heterocycles. The van der Waals surface area contributed by atoms with Crippen LogP contribution in [0.3, 0.4) is 0 Å². The molecule has 3 fully saturated rings. The van der Waals surface area contributed by atoms with Crippen molar-refractivity contribution in [3.05, 3.63) is 35.5 Å². The summed E-state index contributed by atoms with van der Waals surface area (Å²) in [6, 6.07) is 0. The van der Waals surface area contributed by atoms with Crippen LogP contribution in [-0.4, -0.2) is 6.29 Å². The van der Waals surface area contributed by atoms with Gasteiger partial charge < -0.3 is 4.79 Å². The van der Waals surface area contributed by atoms with Crippen LogP contribution in [-0.2, 0) is 4.79 Å². The number of fused-ring (bicyclic) bond motifs is 1. The van der Waals surface area contributed by atoms with E-state index in [1.807, 2.05) is 13.8 Å². The van der Waals surface area contributed by atoms with Crippen molar-refractivity contribution < 1.29 is 4.79 Å². The van der Waals surface area contributed by atoms with Gasteiger partial charge in [0.2, 0.25) is 0 Å². The lowest BCUT2D eigenvalue weighted by Gasteiger charge is -2.42. The highest BCUT2D eigenvalue weighted by molar-refractivity contribution is 5.50. The summed E-state index contributed by atoms with van der Waals surface area (Å²) in [5.74, 6) is 1.32. The van der Waals surface area contributed by atoms with E-state index in [4.69, 9.17) is 0 Å². The lowest BCUT2D eigenvalue weighted by atomic mass is 9.63. The van der Waals surface area contributed by atoms with Gasteiger partial charge in [-0.25, -0.2) is 0 Å². The second kappa shape index (κ2) is 8.83. The van der Waals surface area contributed by atoms with E-state index in [0.29, 0.717) is 17.3 Å². The molecule has 0 bridgehead atoms. The quantitative estimate of drug-likeness (QED) is 0.521. The zero-order chi connectivity index (χ0) is 17.6. The van der Waals surface area contributed by atoms with Crippen molar-refractivity contribution in [3.8, 4) is 0 Å². The lowest BCUT2D eigenvalue weighted by Crippen LogP contribution is -2.33. The molecule has 0 aromatic carbocycles. The van der Waals surface area contributed by atoms with Crippen molar-refractivity contribution in [1.82, 2.24) is 0 Å². The first kappa shape index (κ1) is 19.2. The number of allylic oxidation sites excluding steroid dienone is 5. The Hall–Kier alpha value is -1.11. The van der Waals surface area contributed by atoms with E-state index in [0.717, 1.165) is 12.7 Å². The summed E-state index contributed by atoms with van der Waals surface area (Å²) < 4.78 is 0. The number of hydrogen-bond donors (Lipinski definition) is 0. The Morgan fingerprint density at radius 2 is 1.83 bits per heavy atom. The fraction of sp³-hybridized carbons (Fsp3) is 0.696. The van der Waals surface area contributed by atoms with Crippen molar-refractivity contribution in [2.75, 3.05) is 0 Å². The van der Waals surface area contributed by atoms with E-state index in [2.05, 4.69) is 25.7 Å². The Morgan fingerprint density at radius 1 is 1.08 bits per heavy atom. The van der Waals surface area contributed by atoms with E-state index < -0.39 is 0 Å². The number of hydrogen-bond acceptors (Lipinski definition) is 1. The van der Waals surface area contributed by atoms with Crippen LogP contribution in [0.25, 0.3) is 0 Å². The van der Waals surface area contributed by atoms with Crippen LogP contribution < -0.4 is 0 Å². The number of rotatable bonds is 3. The van der Waals surface area contributed by atoms with Crippen LogP contribution in [0.1, 0.15) is 85.0 Å². The van der Waals surface area contributed by atoms with Gasteiger partial charge in [-0.05, 0) is 80.6 Å². The molecule has 0 N–H and O–H groups in total. The molecule has 3 unspecified atom stereocenters. The van der Waals surface area contributed by atoms with E-state index in [9.17, 15) is 4.79 Å². The molecule has 0 aliphatic heterocycles. The summed E-state index contributed by atoms with van der Waals surface area (Å²) in [7, 11) is 0. The molecule has 0 aromatic rings. The van der Waals surface area contributed by atoms with Crippen LogP contribution in [0.15, 0.2) is 35.5 Å². The smallest absolute Gasteiger partial charge is 0.120 e. The molecule has 1 heteroatoms. The summed E-state index contributed by atoms with van der Waals surface area (Å²) in [6.07, 6.45) is 18.1. The Balaban J connectivity index is 0.00000100. The molecule has 0 amide bonds. The predicted molar refractivity (Wildman–Crippen MR) is 104 cm³/mol. The number of aldehydes is 1. The molecule has 3 aliphatic rings. The molecule has 0 spiro atoms. The zero-order valence-corrected chi connectivity index (χ0v) is 16.1. The van der Waals surface area contributed by atoms with Gasteiger partial charge in [0.15, 0.2) is 0 Å². The molecular weight excluding hydrogens is 292 g/mol. The first-order valence-electron chi connectivity index (χ1n) is 10.2. The summed E-state index contributed by atoms with van der Waals surface area (Å²) >= 11 is 0. The van der Waals surface area contributed by atoms with Crippen LogP contribution in [0.4, 0.5) is 0 Å². The summed E-state index contributed by atoms with van der Waals surface area (Å²) in [5, 5.41) is 0. The predicted octanol–water partition coefficient (Wildman–Crippen LogP) is 6.80. The molecule has 0 heterocycles. The Morgan fingerprint density at radius 3 is 2.54 bits per heavy atom. The number of carbonyl (C=O) groups is 1. The summed E-state index contributed by atoms with van der Waals surface area (Å²) in [6.45, 7) is 10.7. The highest BCUT2D eigenvalue weighted by Crippen LogP contribution is 2.58. The van der Waals surface area contributed by atoms with E-state index in [1.165, 1.54) is 68.9 Å². The Bertz CT molecular complexity index is 510. The number of carbonyl (C=O) groups excluding carboxylic acids is 1. The second-order valence-corrected chi connectivity index (χ2v) is 7.83. The minimum atomic E-state index is 0.368. The minimum absolute atomic E-state index is 0.368. The molecule has 3 saturated carbocycles. The highest BCUT2D eigenvalue weighted by Gasteiger charge is 2.48. The standard InChI is InChI=1S/C21H30O.C2H6/c1-16-6-3-4-7-17(16)9-10-18-8-5-14-21(2)19(13-15-22)11-12-20(18)21;1-2/h9-10,15,19-20H,1,3-8,11-14H2,2H3;1-2H3/b17-9-,18-10+;. The SMILES string of the molecule is C=C1CCCC/C1=C/C=C1\CCCC2(C)C(CC=O)CCC12.CC. The first-order chi connectivity index (χ1) is 11.6. The van der Waals surface area contributed by atoms with E-state index in [1.54, 1.807) is 5.57 Å². The molecular formula is C23H36O. The van der Waals surface area contributed by atoms with Crippen molar-refractivity contribution in [1.29, 1.82) is 0 Å². The van der Waals surface area contributed by atoms with Crippen molar-refractivity contribution in [2.24, 2.45) is 17.3 Å². The van der Waals surface area contributed by atoms with Gasteiger partial charge in [0.05, 0.1) is 0 Å². The maximum atomic E-state index is 11.0. The molecule has 134 valence electrons. The molecule has 1 nitrogen and oxygen atoms in total. The fourth-order valence-electron chi connectivity index (χ4n) is 5.25. The van der Waals surface area contributed by atoms with Gasteiger partial charge in [0, 0.05) is 6.42 Å². The molecule has 24 heavy (non-hydrogen) atoms. The maximum Gasteiger partial charge on any atom is 0.120 e. The Labute approximate surface area is 149 Å². The molecule has 3 atom stereocenters. The third kappa shape index (κ3) is 3.92. The summed E-state index contributed by atoms with van der Waals surface area (Å²) in [4.78, 5) is 11.0. The van der Waals surface area contributed by atoms with Gasteiger partial charge in [0.1, 0.15) is 6.29 Å². The average Bonchev–Trinajstić information content (AvgIpc) is 2.93. The molecule has 3 aliphatic carbocycles. The summed E-state index contributed by atoms with van der Waals surface area (Å²) in [5.41, 5.74) is 4.85. The minimum Gasteiger partial charge on any atom is -0.303 e. The average molecular weight is 329 g/mol. The molecule has 3 rings (SSSR count). The van der Waals surface area contributed by atoms with Gasteiger partial charge in [-0.3, -0.25) is 0 Å². The first-order valence-corrected chi connectivity index (χ1v) is 10.2. The topological polar surface area (TPSA) is 17.1 Å². The zero-order valence-electron chi connectivity index (χ0n) is 16.1. The third-order valence-electron chi connectivity index (χ3n) is 6.67. The monoisotopic (exact) mass is 328 g/mol. The Kier molecular flexibility index (Phi) is 7.07. The van der Waals surface area contributed by atoms with Crippen LogP contribution in [0.2, 0.25) is 0 Å². The fourth-order valence-corrected chi connectivity index (χ4v) is 5.25. The van der Waals surface area contributed by atoms with E-state index >= 15 is 0 Å². The van der Waals surface area contributed by atoms with Crippen molar-refractivity contribution in [3.63, 3.8) is 0 Å². The van der Waals surface area contributed by atoms with Crippen LogP contribution in [0, 0.1) is 17.3 Å². The highest BCUT2D eigenvalue weighted by atomic mass is 16.1. The van der Waals surface area contributed by atoms with Crippen molar-refractivity contribution in [2.45, 2.75) is 85.0 Å². The normalized spacial score (nSPS) is 36.2. The van der Waals surface area contributed by atoms with E-state index in [-0.39, 0.29) is 0 Å². The van der Waals surface area contributed by atoms with Gasteiger partial charge in [-0.1, -0.05) is 50.6 Å². The lowest BCUT2D eigenvalue weighted by molar-refractivity contribution is -0.109. The largest absolute Gasteiger partial charge is 0.303 e. The maximum absolute atomic E-state index is 11.0. The van der Waals surface area contributed by atoms with Gasteiger partial charge in [0.25, 0.3) is 0 Å². The van der Waals surface area contributed by atoms with Gasteiger partial charge in [-0.2, -0.15) is 0 Å².